The van der Waals surface area contributed by atoms with E-state index in [1.54, 1.807) is 28.6 Å². The number of likely N-dealkylation sites (tertiary alicyclic amines) is 1. The number of nitrogens with zero attached hydrogens (tertiary/aromatic N) is 3. The molecule has 1 aliphatic rings. The Hall–Kier alpha value is -1.92. The summed E-state index contributed by atoms with van der Waals surface area (Å²) < 4.78 is 14.5. The van der Waals surface area contributed by atoms with Crippen LogP contribution < -0.4 is 0 Å². The van der Waals surface area contributed by atoms with Crippen LogP contribution >= 0.6 is 11.6 Å². The lowest BCUT2D eigenvalue weighted by Gasteiger charge is -2.29. The number of benzene rings is 1. The van der Waals surface area contributed by atoms with Crippen LogP contribution in [0, 0.1) is 12.7 Å². The molecule has 1 saturated heterocycles. The van der Waals surface area contributed by atoms with E-state index in [-0.39, 0.29) is 23.0 Å². The van der Waals surface area contributed by atoms with Gasteiger partial charge in [0.1, 0.15) is 11.0 Å². The van der Waals surface area contributed by atoms with Gasteiger partial charge in [-0.1, -0.05) is 23.7 Å². The first kappa shape index (κ1) is 16.9. The number of carbonyl (C=O) groups excluding carboxylic acids is 1. The Bertz CT molecular complexity index is 737. The largest absolute Gasteiger partial charge is 0.393 e. The summed E-state index contributed by atoms with van der Waals surface area (Å²) in [6, 6.07) is 6.09. The smallest absolute Gasteiger partial charge is 0.258 e. The number of piperidine rings is 1. The highest BCUT2D eigenvalue weighted by Gasteiger charge is 2.27. The fraction of sp³-hybridized carbons (Fsp3) is 0.412. The fourth-order valence-electron chi connectivity index (χ4n) is 2.89. The Balaban J connectivity index is 1.81. The van der Waals surface area contributed by atoms with Gasteiger partial charge in [-0.25, -0.2) is 9.07 Å². The van der Waals surface area contributed by atoms with Crippen molar-refractivity contribution in [3.63, 3.8) is 0 Å². The summed E-state index contributed by atoms with van der Waals surface area (Å²) in [5, 5.41) is 14.2. The fourth-order valence-corrected chi connectivity index (χ4v) is 3.21. The van der Waals surface area contributed by atoms with E-state index >= 15 is 0 Å². The van der Waals surface area contributed by atoms with Crippen molar-refractivity contribution in [1.82, 2.24) is 14.7 Å². The zero-order valence-electron chi connectivity index (χ0n) is 13.4. The Morgan fingerprint density at radius 3 is 2.58 bits per heavy atom. The van der Waals surface area contributed by atoms with Crippen LogP contribution in [0.4, 0.5) is 4.39 Å². The van der Waals surface area contributed by atoms with E-state index < -0.39 is 0 Å². The van der Waals surface area contributed by atoms with Crippen molar-refractivity contribution in [2.75, 3.05) is 13.1 Å². The summed E-state index contributed by atoms with van der Waals surface area (Å²) in [5.41, 5.74) is 1.81. The number of aromatic nitrogens is 2. The van der Waals surface area contributed by atoms with Gasteiger partial charge in [0.05, 0.1) is 23.9 Å². The maximum Gasteiger partial charge on any atom is 0.258 e. The van der Waals surface area contributed by atoms with Crippen LogP contribution in [0.3, 0.4) is 0 Å². The monoisotopic (exact) mass is 351 g/mol. The Kier molecular flexibility index (Phi) is 4.87. The number of rotatable bonds is 3. The molecule has 3 rings (SSSR count). The van der Waals surface area contributed by atoms with Crippen molar-refractivity contribution in [1.29, 1.82) is 0 Å². The van der Waals surface area contributed by atoms with Crippen molar-refractivity contribution in [3.8, 4) is 0 Å². The number of amides is 1. The second-order valence-corrected chi connectivity index (χ2v) is 6.42. The standard InChI is InChI=1S/C17H19ClFN3O2/c1-11-15(17(24)21-8-6-14(23)7-9-21)16(18)22(20-11)10-12-2-4-13(19)5-3-12/h2-5,14,23H,6-10H2,1H3. The number of aliphatic hydroxyl groups is 1. The summed E-state index contributed by atoms with van der Waals surface area (Å²) in [6.45, 7) is 3.14. The summed E-state index contributed by atoms with van der Waals surface area (Å²) in [6.07, 6.45) is 0.810. The molecule has 5 nitrogen and oxygen atoms in total. The second-order valence-electron chi connectivity index (χ2n) is 6.06. The quantitative estimate of drug-likeness (QED) is 0.924. The molecule has 1 aromatic carbocycles. The Labute approximate surface area is 144 Å². The van der Waals surface area contributed by atoms with Gasteiger partial charge in [-0.15, -0.1) is 0 Å². The maximum atomic E-state index is 13.0. The number of aryl methyl sites for hydroxylation is 1. The minimum Gasteiger partial charge on any atom is -0.393 e. The van der Waals surface area contributed by atoms with Crippen molar-refractivity contribution in [3.05, 3.63) is 52.1 Å². The van der Waals surface area contributed by atoms with Gasteiger partial charge in [-0.2, -0.15) is 5.10 Å². The Morgan fingerprint density at radius 1 is 1.33 bits per heavy atom. The van der Waals surface area contributed by atoms with Crippen LogP contribution in [0.1, 0.15) is 34.5 Å². The number of carbonyl (C=O) groups is 1. The third-order valence-electron chi connectivity index (χ3n) is 4.28. The SMILES string of the molecule is Cc1nn(Cc2ccc(F)cc2)c(Cl)c1C(=O)N1CCC(O)CC1. The van der Waals surface area contributed by atoms with Crippen molar-refractivity contribution in [2.24, 2.45) is 0 Å². The van der Waals surface area contributed by atoms with Crippen LogP contribution in [-0.2, 0) is 6.54 Å². The third kappa shape index (κ3) is 3.44. The topological polar surface area (TPSA) is 58.4 Å². The van der Waals surface area contributed by atoms with E-state index in [1.807, 2.05) is 0 Å². The molecular formula is C17H19ClFN3O2. The van der Waals surface area contributed by atoms with Gasteiger partial charge in [0, 0.05) is 13.1 Å². The molecule has 0 unspecified atom stereocenters. The molecule has 1 aromatic heterocycles. The van der Waals surface area contributed by atoms with Crippen LogP contribution in [0.25, 0.3) is 0 Å². The molecular weight excluding hydrogens is 333 g/mol. The van der Waals surface area contributed by atoms with Crippen LogP contribution in [0.5, 0.6) is 0 Å². The number of hydrogen-bond donors (Lipinski definition) is 1. The highest BCUT2D eigenvalue weighted by atomic mass is 35.5. The molecule has 2 aromatic rings. The van der Waals surface area contributed by atoms with Crippen LogP contribution in [0.2, 0.25) is 5.15 Å². The molecule has 0 saturated carbocycles. The van der Waals surface area contributed by atoms with E-state index in [4.69, 9.17) is 11.6 Å². The van der Waals surface area contributed by atoms with Crippen LogP contribution in [-0.4, -0.2) is 44.9 Å². The first-order chi connectivity index (χ1) is 11.5. The summed E-state index contributed by atoms with van der Waals surface area (Å²) >= 11 is 6.38. The normalized spacial score (nSPS) is 15.8. The predicted molar refractivity (Wildman–Crippen MR) is 88.6 cm³/mol. The van der Waals surface area contributed by atoms with Gasteiger partial charge in [-0.3, -0.25) is 4.79 Å². The molecule has 1 fully saturated rings. The molecule has 0 atom stereocenters. The zero-order valence-corrected chi connectivity index (χ0v) is 14.1. The van der Waals surface area contributed by atoms with E-state index in [2.05, 4.69) is 5.10 Å². The van der Waals surface area contributed by atoms with Gasteiger partial charge in [-0.05, 0) is 37.5 Å². The first-order valence-electron chi connectivity index (χ1n) is 7.90. The van der Waals surface area contributed by atoms with E-state index in [0.717, 1.165) is 5.56 Å². The predicted octanol–water partition coefficient (Wildman–Crippen LogP) is 2.63. The van der Waals surface area contributed by atoms with Gasteiger partial charge in [0.2, 0.25) is 0 Å². The molecule has 24 heavy (non-hydrogen) atoms. The Morgan fingerprint density at radius 2 is 1.96 bits per heavy atom. The number of halogens is 2. The summed E-state index contributed by atoms with van der Waals surface area (Å²) in [7, 11) is 0. The van der Waals surface area contributed by atoms with Crippen molar-refractivity contribution < 1.29 is 14.3 Å². The minimum absolute atomic E-state index is 0.158. The molecule has 1 N–H and O–H groups in total. The lowest BCUT2D eigenvalue weighted by Crippen LogP contribution is -2.40. The van der Waals surface area contributed by atoms with Crippen LogP contribution in [0.15, 0.2) is 24.3 Å². The zero-order chi connectivity index (χ0) is 17.3. The third-order valence-corrected chi connectivity index (χ3v) is 4.66. The molecule has 7 heteroatoms. The number of hydrogen-bond acceptors (Lipinski definition) is 3. The molecule has 1 aliphatic heterocycles. The minimum atomic E-state index is -0.341. The number of aliphatic hydroxyl groups excluding tert-OH is 1. The van der Waals surface area contributed by atoms with Crippen molar-refractivity contribution in [2.45, 2.75) is 32.4 Å². The average Bonchev–Trinajstić information content (AvgIpc) is 2.83. The highest BCUT2D eigenvalue weighted by Crippen LogP contribution is 2.24. The molecule has 0 radical (unpaired) electrons. The maximum absolute atomic E-state index is 13.0. The van der Waals surface area contributed by atoms with E-state index in [0.29, 0.717) is 43.7 Å². The molecule has 1 amide bonds. The van der Waals surface area contributed by atoms with Gasteiger partial charge < -0.3 is 10.0 Å². The average molecular weight is 352 g/mol. The lowest BCUT2D eigenvalue weighted by atomic mass is 10.1. The van der Waals surface area contributed by atoms with Gasteiger partial charge >= 0.3 is 0 Å². The van der Waals surface area contributed by atoms with E-state index in [9.17, 15) is 14.3 Å². The first-order valence-corrected chi connectivity index (χ1v) is 8.28. The summed E-state index contributed by atoms with van der Waals surface area (Å²) in [4.78, 5) is 14.4. The summed E-state index contributed by atoms with van der Waals surface area (Å²) in [5.74, 6) is -0.459. The molecule has 0 bridgehead atoms. The second kappa shape index (κ2) is 6.91. The van der Waals surface area contributed by atoms with Crippen molar-refractivity contribution >= 4 is 17.5 Å². The molecule has 0 aliphatic carbocycles. The molecule has 0 spiro atoms. The van der Waals surface area contributed by atoms with Gasteiger partial charge in [0.25, 0.3) is 5.91 Å². The molecule has 128 valence electrons. The lowest BCUT2D eigenvalue weighted by molar-refractivity contribution is 0.0546. The van der Waals surface area contributed by atoms with E-state index in [1.165, 1.54) is 12.1 Å². The molecule has 2 heterocycles. The van der Waals surface area contributed by atoms with Gasteiger partial charge in [0.15, 0.2) is 0 Å². The highest BCUT2D eigenvalue weighted by molar-refractivity contribution is 6.33.